The molecule has 1 aromatic heterocycles. The predicted octanol–water partition coefficient (Wildman–Crippen LogP) is 5.04. The maximum atomic E-state index is 13.8. The number of nitrogens with zero attached hydrogens (tertiary/aromatic N) is 2. The van der Waals surface area contributed by atoms with E-state index in [1.807, 2.05) is 6.07 Å². The molecular weight excluding hydrogens is 489 g/mol. The number of esters is 1. The Morgan fingerprint density at radius 3 is 2.61 bits per heavy atom. The second-order valence-corrected chi connectivity index (χ2v) is 8.38. The van der Waals surface area contributed by atoms with Crippen molar-refractivity contribution in [1.82, 2.24) is 9.97 Å². The second kappa shape index (κ2) is 8.02. The fraction of sp³-hybridized carbons (Fsp3) is 0.130. The van der Waals surface area contributed by atoms with E-state index in [1.165, 1.54) is 0 Å². The van der Waals surface area contributed by atoms with Crippen molar-refractivity contribution in [3.05, 3.63) is 86.3 Å². The van der Waals surface area contributed by atoms with E-state index >= 15 is 0 Å². The van der Waals surface area contributed by atoms with Gasteiger partial charge in [0.25, 0.3) is 0 Å². The third-order valence-electron chi connectivity index (χ3n) is 5.47. The number of nitrogens with one attached hydrogen (secondary N) is 1. The highest BCUT2D eigenvalue weighted by atomic mass is 35.5. The highest BCUT2D eigenvalue weighted by Gasteiger charge is 2.60. The van der Waals surface area contributed by atoms with Gasteiger partial charge in [-0.25, -0.2) is 9.78 Å². The van der Waals surface area contributed by atoms with Crippen molar-refractivity contribution in [2.45, 2.75) is 12.3 Å². The van der Waals surface area contributed by atoms with E-state index in [4.69, 9.17) is 44.3 Å². The summed E-state index contributed by atoms with van der Waals surface area (Å²) in [6, 6.07) is 13.7. The summed E-state index contributed by atoms with van der Waals surface area (Å²) in [7, 11) is 0. The Kier molecular flexibility index (Phi) is 5.28. The molecule has 0 aliphatic carbocycles. The number of benzene rings is 2. The molecule has 5 rings (SSSR count). The van der Waals surface area contributed by atoms with Crippen molar-refractivity contribution in [3.63, 3.8) is 0 Å². The molecule has 2 aliphatic heterocycles. The molecule has 2 aliphatic rings. The van der Waals surface area contributed by atoms with Crippen molar-refractivity contribution < 1.29 is 19.1 Å². The minimum Gasteiger partial charge on any atom is -0.462 e. The molecule has 3 aromatic rings. The van der Waals surface area contributed by atoms with E-state index in [0.717, 1.165) is 0 Å². The van der Waals surface area contributed by atoms with E-state index in [-0.39, 0.29) is 39.8 Å². The van der Waals surface area contributed by atoms with E-state index in [0.29, 0.717) is 21.8 Å². The Morgan fingerprint density at radius 2 is 1.88 bits per heavy atom. The number of amides is 1. The molecule has 7 nitrogen and oxygen atoms in total. The number of rotatable bonds is 3. The Hall–Kier alpha value is -3.13. The Balaban J connectivity index is 1.97. The van der Waals surface area contributed by atoms with Gasteiger partial charge in [-0.2, -0.15) is 4.98 Å². The van der Waals surface area contributed by atoms with Gasteiger partial charge in [0, 0.05) is 21.8 Å². The first kappa shape index (κ1) is 21.7. The average molecular weight is 503 g/mol. The lowest BCUT2D eigenvalue weighted by Crippen LogP contribution is -2.45. The normalized spacial score (nSPS) is 18.5. The lowest BCUT2D eigenvalue weighted by Gasteiger charge is -2.36. The number of halogens is 3. The van der Waals surface area contributed by atoms with Crippen LogP contribution in [0.4, 0.5) is 5.69 Å². The van der Waals surface area contributed by atoms with E-state index < -0.39 is 17.3 Å². The highest BCUT2D eigenvalue weighted by molar-refractivity contribution is 6.34. The number of hydrogen-bond acceptors (Lipinski definition) is 6. The quantitative estimate of drug-likeness (QED) is 0.306. The fourth-order valence-electron chi connectivity index (χ4n) is 4.23. The summed E-state index contributed by atoms with van der Waals surface area (Å²) >= 11 is 18.9. The summed E-state index contributed by atoms with van der Waals surface area (Å²) in [5.74, 6) is -1.25. The van der Waals surface area contributed by atoms with Crippen LogP contribution in [0, 0.1) is 0 Å². The molecule has 0 bridgehead atoms. The van der Waals surface area contributed by atoms with Gasteiger partial charge in [0.05, 0.1) is 12.2 Å². The van der Waals surface area contributed by atoms with Crippen LogP contribution in [0.15, 0.2) is 54.1 Å². The third-order valence-corrected chi connectivity index (χ3v) is 6.15. The first-order chi connectivity index (χ1) is 15.9. The van der Waals surface area contributed by atoms with Gasteiger partial charge in [0.1, 0.15) is 21.9 Å². The first-order valence-electron chi connectivity index (χ1n) is 9.88. The summed E-state index contributed by atoms with van der Waals surface area (Å²) in [6.45, 7) is 1.74. The van der Waals surface area contributed by atoms with Crippen molar-refractivity contribution >= 4 is 58.1 Å². The van der Waals surface area contributed by atoms with E-state index in [9.17, 15) is 9.59 Å². The molecular formula is C23H14Cl3N3O4. The Morgan fingerprint density at radius 1 is 1.12 bits per heavy atom. The van der Waals surface area contributed by atoms with Crippen LogP contribution in [0.25, 0.3) is 5.76 Å². The van der Waals surface area contributed by atoms with Crippen LogP contribution in [-0.2, 0) is 19.7 Å². The summed E-state index contributed by atoms with van der Waals surface area (Å²) < 4.78 is 11.5. The van der Waals surface area contributed by atoms with Gasteiger partial charge in [-0.05, 0) is 36.7 Å². The van der Waals surface area contributed by atoms with Gasteiger partial charge in [0.15, 0.2) is 0 Å². The molecule has 2 aromatic carbocycles. The number of aromatic nitrogens is 2. The van der Waals surface area contributed by atoms with Crippen LogP contribution in [0.3, 0.4) is 0 Å². The number of ether oxygens (including phenoxy) is 2. The minimum atomic E-state index is -1.78. The molecule has 0 saturated carbocycles. The molecule has 1 atom stereocenters. The average Bonchev–Trinajstić information content (AvgIpc) is 3.05. The topological polar surface area (TPSA) is 90.4 Å². The van der Waals surface area contributed by atoms with Gasteiger partial charge in [-0.3, -0.25) is 4.79 Å². The van der Waals surface area contributed by atoms with Crippen molar-refractivity contribution in [3.8, 4) is 5.88 Å². The zero-order chi connectivity index (χ0) is 23.3. The minimum absolute atomic E-state index is 0.0464. The summed E-state index contributed by atoms with van der Waals surface area (Å²) in [4.78, 5) is 35.5. The molecule has 0 fully saturated rings. The van der Waals surface area contributed by atoms with Gasteiger partial charge < -0.3 is 14.8 Å². The lowest BCUT2D eigenvalue weighted by atomic mass is 9.68. The highest BCUT2D eigenvalue weighted by Crippen LogP contribution is 2.57. The van der Waals surface area contributed by atoms with Gasteiger partial charge in [0.2, 0.25) is 17.1 Å². The molecule has 1 N–H and O–H groups in total. The van der Waals surface area contributed by atoms with Gasteiger partial charge in [-0.15, -0.1) is 0 Å². The van der Waals surface area contributed by atoms with Crippen LogP contribution >= 0.6 is 34.8 Å². The van der Waals surface area contributed by atoms with Gasteiger partial charge in [-0.1, -0.05) is 53.5 Å². The number of carbonyl (C=O) groups is 2. The molecule has 0 radical (unpaired) electrons. The number of carbonyl (C=O) groups excluding carboxylic acids is 2. The van der Waals surface area contributed by atoms with E-state index in [2.05, 4.69) is 15.3 Å². The number of hydrogen-bond donors (Lipinski definition) is 1. The fourth-order valence-corrected chi connectivity index (χ4v) is 4.91. The lowest BCUT2D eigenvalue weighted by molar-refractivity contribution is -0.140. The third kappa shape index (κ3) is 3.19. The first-order valence-corrected chi connectivity index (χ1v) is 11.0. The number of fused-ring (bicyclic) bond motifs is 4. The van der Waals surface area contributed by atoms with Crippen LogP contribution in [0.2, 0.25) is 15.5 Å². The number of anilines is 1. The smallest absolute Gasteiger partial charge is 0.339 e. The summed E-state index contributed by atoms with van der Waals surface area (Å²) in [5, 5.41) is 2.87. The van der Waals surface area contributed by atoms with Crippen LogP contribution < -0.4 is 10.1 Å². The van der Waals surface area contributed by atoms with E-state index in [1.54, 1.807) is 49.4 Å². The molecule has 1 amide bonds. The maximum absolute atomic E-state index is 13.8. The molecule has 10 heteroatoms. The van der Waals surface area contributed by atoms with Crippen molar-refractivity contribution in [2.75, 3.05) is 11.9 Å². The SMILES string of the molecule is CCOC(=O)C1=C(c2ccccc2)Oc2nc(Cl)nc(Cl)c2C12C(=O)Nc1ccc(Cl)cc12. The van der Waals surface area contributed by atoms with Crippen LogP contribution in [0.5, 0.6) is 5.88 Å². The molecule has 166 valence electrons. The molecule has 3 heterocycles. The van der Waals surface area contributed by atoms with Crippen molar-refractivity contribution in [1.29, 1.82) is 0 Å². The van der Waals surface area contributed by atoms with Crippen molar-refractivity contribution in [2.24, 2.45) is 0 Å². The largest absolute Gasteiger partial charge is 0.462 e. The molecule has 1 unspecified atom stereocenters. The Labute approximate surface area is 203 Å². The molecule has 0 saturated heterocycles. The summed E-state index contributed by atoms with van der Waals surface area (Å²) in [5.41, 5.74) is -0.386. The van der Waals surface area contributed by atoms with Gasteiger partial charge >= 0.3 is 5.97 Å². The predicted molar refractivity (Wildman–Crippen MR) is 124 cm³/mol. The molecule has 1 spiro atoms. The zero-order valence-corrected chi connectivity index (χ0v) is 19.3. The van der Waals surface area contributed by atoms with Crippen LogP contribution in [0.1, 0.15) is 23.6 Å². The Bertz CT molecular complexity index is 1360. The standard InChI is InChI=1S/C23H14Cl3N3O4/c1-2-32-20(30)15-17(11-6-4-3-5-7-11)33-19-16(18(25)28-22(26)29-19)23(15)13-10-12(24)8-9-14(13)27-21(23)31/h3-10H,2H2,1H3,(H,27,31). The monoisotopic (exact) mass is 501 g/mol. The zero-order valence-electron chi connectivity index (χ0n) is 17.0. The second-order valence-electron chi connectivity index (χ2n) is 7.25. The van der Waals surface area contributed by atoms with Crippen LogP contribution in [-0.4, -0.2) is 28.5 Å². The summed E-state index contributed by atoms with van der Waals surface area (Å²) in [6.07, 6.45) is 0. The maximum Gasteiger partial charge on any atom is 0.339 e. The molecule has 33 heavy (non-hydrogen) atoms.